The predicted octanol–water partition coefficient (Wildman–Crippen LogP) is 15.3. The largest absolute Gasteiger partial charge is 0.343 e. The number of amides is 4. The van der Waals surface area contributed by atoms with Gasteiger partial charge in [-0.25, -0.2) is 28.7 Å². The van der Waals surface area contributed by atoms with Gasteiger partial charge in [-0.15, -0.1) is 0 Å². The quantitative estimate of drug-likeness (QED) is 0.0884. The molecule has 1 unspecified atom stereocenters. The molecule has 4 aliphatic rings. The number of piperazine rings is 4. The maximum absolute atomic E-state index is 13.5. The Morgan fingerprint density at radius 1 is 0.348 bits per heavy atom. The minimum Gasteiger partial charge on any atom is -0.343 e. The number of benzene rings is 8. The summed E-state index contributed by atoms with van der Waals surface area (Å²) in [5, 5.41) is 4.98. The zero-order chi connectivity index (χ0) is 78.0. The molecule has 576 valence electrons. The number of halogens is 4. The third kappa shape index (κ3) is 21.8. The van der Waals surface area contributed by atoms with Crippen LogP contribution in [-0.4, -0.2) is 185 Å². The maximum Gasteiger partial charge on any atom is 0.254 e. The molecule has 8 heterocycles. The Kier molecular flexibility index (Phi) is 27.1. The van der Waals surface area contributed by atoms with E-state index in [0.717, 1.165) is 94.0 Å². The molecule has 1 atom stereocenters. The second-order valence-corrected chi connectivity index (χ2v) is 31.6. The molecule has 0 spiro atoms. The van der Waals surface area contributed by atoms with Gasteiger partial charge < -0.3 is 39.2 Å². The molecule has 8 aromatic carbocycles. The van der Waals surface area contributed by atoms with Gasteiger partial charge in [0, 0.05) is 208 Å². The van der Waals surface area contributed by atoms with E-state index in [-0.39, 0.29) is 29.7 Å². The van der Waals surface area contributed by atoms with Crippen LogP contribution < -0.4 is 19.6 Å². The van der Waals surface area contributed by atoms with Gasteiger partial charge in [-0.05, 0) is 135 Å². The highest BCUT2D eigenvalue weighted by molar-refractivity contribution is 7.10. The van der Waals surface area contributed by atoms with Gasteiger partial charge in [0.1, 0.15) is 34.9 Å². The first kappa shape index (κ1) is 79.6. The van der Waals surface area contributed by atoms with E-state index in [9.17, 15) is 28.0 Å². The van der Waals surface area contributed by atoms with Crippen molar-refractivity contribution in [2.45, 2.75) is 59.4 Å². The lowest BCUT2D eigenvalue weighted by atomic mass is 10.1. The average Bonchev–Trinajstić information content (AvgIpc) is 1.65. The normalized spacial score (nSPS) is 15.0. The van der Waals surface area contributed by atoms with E-state index in [0.29, 0.717) is 112 Å². The first-order chi connectivity index (χ1) is 54.3. The minimum atomic E-state index is -0.397. The first-order valence-corrected chi connectivity index (χ1v) is 40.9. The number of anilines is 4. The number of aryl methyl sites for hydroxylation is 3. The summed E-state index contributed by atoms with van der Waals surface area (Å²) in [5.41, 5.74) is 10.7. The van der Waals surface area contributed by atoms with E-state index in [1.807, 2.05) is 71.3 Å². The monoisotopic (exact) mass is 1620 g/mol. The van der Waals surface area contributed by atoms with Crippen molar-refractivity contribution in [3.63, 3.8) is 0 Å². The van der Waals surface area contributed by atoms with Crippen LogP contribution in [0, 0.1) is 32.4 Å². The molecule has 0 N–H and O–H groups in total. The highest BCUT2D eigenvalue weighted by Crippen LogP contribution is 2.28. The minimum absolute atomic E-state index is 0.00367. The number of rotatable bonds is 16. The number of nitrogens with zero attached hydrogens (tertiary/aromatic N) is 16. The number of aromatic nitrogens is 8. The Morgan fingerprint density at radius 3 is 0.991 bits per heavy atom. The van der Waals surface area contributed by atoms with Gasteiger partial charge in [0.2, 0.25) is 20.5 Å². The summed E-state index contributed by atoms with van der Waals surface area (Å²) < 4.78 is 44.8. The van der Waals surface area contributed by atoms with Gasteiger partial charge in [-0.1, -0.05) is 155 Å². The van der Waals surface area contributed by atoms with E-state index in [1.54, 1.807) is 58.3 Å². The molecule has 112 heavy (non-hydrogen) atoms. The fourth-order valence-electron chi connectivity index (χ4n) is 13.1. The molecule has 0 aliphatic carbocycles. The standard InChI is InChI=1S/C22H23FN4OS.C21H21ClN4OS.C21H22N4OS.C20H18ClFN4OS/c1-15-6-8-17(9-7-15)12-20-24-22(29-25-20)26-10-11-27(16(2)14-26)21(28)18-4-3-5-19(23)13-18;1-15-2-4-16(5-3-15)14-19-23-21(28-24-19)26-12-10-25(11-13-26)20(27)17-6-8-18(22)9-7-17;1-16-7-9-17(10-8-16)15-19-22-21(27-23-19)25-13-11-24(12-14-25)20(26)18-5-3-2-4-6-18;21-16-6-4-14(5-7-16)12-18-23-20(28-24-18)26-10-8-25(9-11-26)19(27)15-2-1-3-17(22)13-15/h3-9,13,16H,10-12,14H2,1-2H3;2-9H,10-14H2,1H3;2-10H,11-15H2,1H3;1-7,13H,8-12H2. The molecule has 0 bridgehead atoms. The molecule has 4 amide bonds. The third-order valence-electron chi connectivity index (χ3n) is 19.5. The van der Waals surface area contributed by atoms with E-state index in [4.69, 9.17) is 38.2 Å². The summed E-state index contributed by atoms with van der Waals surface area (Å²) in [5.74, 6) is 2.41. The smallest absolute Gasteiger partial charge is 0.254 e. The number of hydrogen-bond donors (Lipinski definition) is 0. The topological polar surface area (TPSA) is 197 Å². The van der Waals surface area contributed by atoms with Crippen molar-refractivity contribution in [2.24, 2.45) is 0 Å². The molecule has 4 fully saturated rings. The fourth-order valence-corrected chi connectivity index (χ4v) is 16.3. The van der Waals surface area contributed by atoms with E-state index >= 15 is 0 Å². The molecule has 0 saturated carbocycles. The highest BCUT2D eigenvalue weighted by atomic mass is 35.5. The summed E-state index contributed by atoms with van der Waals surface area (Å²) >= 11 is 17.5. The second-order valence-electron chi connectivity index (χ2n) is 27.8. The lowest BCUT2D eigenvalue weighted by molar-refractivity contribution is 0.0671. The van der Waals surface area contributed by atoms with Crippen molar-refractivity contribution in [3.8, 4) is 0 Å². The third-order valence-corrected chi connectivity index (χ3v) is 23.2. The van der Waals surface area contributed by atoms with Crippen molar-refractivity contribution in [2.75, 3.05) is 118 Å². The molecule has 16 rings (SSSR count). The van der Waals surface area contributed by atoms with Gasteiger partial charge >= 0.3 is 0 Å². The number of carbonyl (C=O) groups is 4. The van der Waals surface area contributed by atoms with Gasteiger partial charge in [0.25, 0.3) is 23.6 Å². The Hall–Kier alpha value is -10.5. The lowest BCUT2D eigenvalue weighted by Crippen LogP contribution is -2.54. The number of hydrogen-bond acceptors (Lipinski definition) is 20. The SMILES string of the molecule is Cc1ccc(Cc2nsc(N3CCN(C(=O)c4ccc(Cl)cc4)CC3)n2)cc1.Cc1ccc(Cc2nsc(N3CCN(C(=O)c4cccc(F)c4)C(C)C3)n2)cc1.Cc1ccc(Cc2nsc(N3CCN(C(=O)c4ccccc4)CC3)n2)cc1.O=C(c1cccc(F)c1)N1CCN(c2nc(Cc3ccc(Cl)cc3)ns2)CC1. The zero-order valence-electron chi connectivity index (χ0n) is 62.5. The van der Waals surface area contributed by atoms with Crippen LogP contribution in [0.15, 0.2) is 200 Å². The number of carbonyl (C=O) groups excluding carboxylic acids is 4. The lowest BCUT2D eigenvalue weighted by Gasteiger charge is -2.39. The maximum atomic E-state index is 13.5. The van der Waals surface area contributed by atoms with Crippen molar-refractivity contribution < 1.29 is 28.0 Å². The Bertz CT molecular complexity index is 5090. The van der Waals surface area contributed by atoms with Crippen molar-refractivity contribution >= 4 is 113 Å². The molecule has 20 nitrogen and oxygen atoms in total. The molecule has 12 aromatic rings. The summed E-state index contributed by atoms with van der Waals surface area (Å²) in [6.45, 7) is 18.6. The van der Waals surface area contributed by atoms with Crippen molar-refractivity contribution in [1.29, 1.82) is 0 Å². The fraction of sp³-hybridized carbons (Fsp3) is 0.286. The van der Waals surface area contributed by atoms with Gasteiger partial charge in [0.05, 0.1) is 0 Å². The van der Waals surface area contributed by atoms with Crippen molar-refractivity contribution in [3.05, 3.63) is 306 Å². The first-order valence-electron chi connectivity index (χ1n) is 37.1. The predicted molar refractivity (Wildman–Crippen MR) is 444 cm³/mol. The van der Waals surface area contributed by atoms with Crippen LogP contribution in [0.2, 0.25) is 10.0 Å². The van der Waals surface area contributed by atoms with Gasteiger partial charge in [-0.2, -0.15) is 17.5 Å². The van der Waals surface area contributed by atoms with Gasteiger partial charge in [0.15, 0.2) is 0 Å². The summed E-state index contributed by atoms with van der Waals surface area (Å²) in [6, 6.07) is 61.3. The van der Waals surface area contributed by atoms with Crippen LogP contribution in [0.1, 0.15) is 111 Å². The molecule has 4 aliphatic heterocycles. The van der Waals surface area contributed by atoms with Crippen LogP contribution in [0.25, 0.3) is 0 Å². The van der Waals surface area contributed by atoms with E-state index < -0.39 is 11.6 Å². The molecular formula is C84H84Cl2F2N16O4S4. The molecule has 28 heteroatoms. The summed E-state index contributed by atoms with van der Waals surface area (Å²) in [7, 11) is 0. The van der Waals surface area contributed by atoms with E-state index in [2.05, 4.69) is 136 Å². The Balaban J connectivity index is 0.000000131. The molecular weight excluding hydrogens is 1530 g/mol. The van der Waals surface area contributed by atoms with E-state index in [1.165, 1.54) is 104 Å². The Morgan fingerprint density at radius 2 is 0.643 bits per heavy atom. The van der Waals surface area contributed by atoms with Crippen LogP contribution in [0.4, 0.5) is 29.3 Å². The second kappa shape index (κ2) is 38.2. The Labute approximate surface area is 677 Å². The van der Waals surface area contributed by atoms with Gasteiger partial charge in [-0.3, -0.25) is 19.2 Å². The summed E-state index contributed by atoms with van der Waals surface area (Å²) in [6.07, 6.45) is 2.87. The van der Waals surface area contributed by atoms with Crippen LogP contribution in [0.5, 0.6) is 0 Å². The van der Waals surface area contributed by atoms with Crippen LogP contribution >= 0.6 is 69.3 Å². The van der Waals surface area contributed by atoms with Crippen LogP contribution in [0.3, 0.4) is 0 Å². The average molecular weight is 1620 g/mol. The summed E-state index contributed by atoms with van der Waals surface area (Å²) in [4.78, 5) is 85.3. The zero-order valence-corrected chi connectivity index (χ0v) is 67.3. The molecule has 4 saturated heterocycles. The van der Waals surface area contributed by atoms with Crippen LogP contribution in [-0.2, 0) is 25.7 Å². The molecule has 4 aromatic heterocycles. The molecule has 0 radical (unpaired) electrons. The highest BCUT2D eigenvalue weighted by Gasteiger charge is 2.32. The van der Waals surface area contributed by atoms with Crippen molar-refractivity contribution in [1.82, 2.24) is 57.0 Å².